The lowest BCUT2D eigenvalue weighted by atomic mass is 10.0. The van der Waals surface area contributed by atoms with E-state index >= 15 is 0 Å². The van der Waals surface area contributed by atoms with Gasteiger partial charge in [0.15, 0.2) is 0 Å². The summed E-state index contributed by atoms with van der Waals surface area (Å²) in [5.74, 6) is 0. The Bertz CT molecular complexity index is 337. The van der Waals surface area contributed by atoms with Crippen molar-refractivity contribution in [1.82, 2.24) is 10.6 Å². The van der Waals surface area contributed by atoms with Crippen LogP contribution in [0.5, 0.6) is 0 Å². The van der Waals surface area contributed by atoms with E-state index < -0.39 is 6.16 Å². The number of carbonyl (C=O) groups excluding carboxylic acids is 1. The van der Waals surface area contributed by atoms with E-state index in [4.69, 9.17) is 18.9 Å². The van der Waals surface area contributed by atoms with Crippen molar-refractivity contribution in [3.05, 3.63) is 0 Å². The Morgan fingerprint density at radius 3 is 1.79 bits per heavy atom. The molecule has 2 aliphatic rings. The lowest BCUT2D eigenvalue weighted by Crippen LogP contribution is -2.37. The smallest absolute Gasteiger partial charge is 0.431 e. The molecule has 0 aromatic rings. The van der Waals surface area contributed by atoms with E-state index in [0.29, 0.717) is 13.2 Å². The molecule has 0 aliphatic carbocycles. The highest BCUT2D eigenvalue weighted by Gasteiger charge is 2.29. The molecule has 2 rings (SSSR count). The van der Waals surface area contributed by atoms with Crippen LogP contribution in [0.2, 0.25) is 0 Å². The standard InChI is InChI=1S/C17H32N2O5/c1-18-7-3-13-11-15(5-9-21-13)23-17(20)24-16-6-10-22-14(12-16)4-8-19-2/h13-16,18-19H,3-12H2,1-2H3. The first-order valence-electron chi connectivity index (χ1n) is 9.11. The van der Waals surface area contributed by atoms with Crippen LogP contribution in [0, 0.1) is 0 Å². The molecule has 0 radical (unpaired) electrons. The van der Waals surface area contributed by atoms with Crippen molar-refractivity contribution in [2.45, 2.75) is 62.9 Å². The molecule has 0 aromatic carbocycles. The minimum Gasteiger partial charge on any atom is -0.431 e. The van der Waals surface area contributed by atoms with Gasteiger partial charge in [-0.3, -0.25) is 0 Å². The lowest BCUT2D eigenvalue weighted by molar-refractivity contribution is -0.0916. The summed E-state index contributed by atoms with van der Waals surface area (Å²) in [4.78, 5) is 12.1. The van der Waals surface area contributed by atoms with E-state index in [-0.39, 0.29) is 24.4 Å². The molecule has 7 heteroatoms. The number of rotatable bonds is 8. The van der Waals surface area contributed by atoms with Crippen molar-refractivity contribution in [2.24, 2.45) is 0 Å². The number of hydrogen-bond donors (Lipinski definition) is 2. The summed E-state index contributed by atoms with van der Waals surface area (Å²) < 4.78 is 22.4. The highest BCUT2D eigenvalue weighted by Crippen LogP contribution is 2.22. The van der Waals surface area contributed by atoms with Gasteiger partial charge in [0.1, 0.15) is 12.2 Å². The predicted octanol–water partition coefficient (Wildman–Crippen LogP) is 1.45. The number of ether oxygens (including phenoxy) is 4. The van der Waals surface area contributed by atoms with E-state index in [1.54, 1.807) is 0 Å². The minimum atomic E-state index is -0.548. The van der Waals surface area contributed by atoms with E-state index in [9.17, 15) is 4.79 Å². The topological polar surface area (TPSA) is 78.1 Å². The molecule has 140 valence electrons. The van der Waals surface area contributed by atoms with Crippen LogP contribution in [0.1, 0.15) is 38.5 Å². The average molecular weight is 344 g/mol. The number of carbonyl (C=O) groups is 1. The number of hydrogen-bond acceptors (Lipinski definition) is 7. The van der Waals surface area contributed by atoms with Crippen LogP contribution >= 0.6 is 0 Å². The minimum absolute atomic E-state index is 0.104. The van der Waals surface area contributed by atoms with Crippen molar-refractivity contribution in [3.8, 4) is 0 Å². The Balaban J connectivity index is 1.68. The molecule has 2 N–H and O–H groups in total. The average Bonchev–Trinajstić information content (AvgIpc) is 2.58. The predicted molar refractivity (Wildman–Crippen MR) is 90.2 cm³/mol. The largest absolute Gasteiger partial charge is 0.508 e. The normalized spacial score (nSPS) is 30.8. The Morgan fingerprint density at radius 2 is 1.38 bits per heavy atom. The van der Waals surface area contributed by atoms with E-state index in [1.807, 2.05) is 14.1 Å². The summed E-state index contributed by atoms with van der Waals surface area (Å²) in [5.41, 5.74) is 0. The van der Waals surface area contributed by atoms with Gasteiger partial charge >= 0.3 is 6.16 Å². The molecule has 2 fully saturated rings. The van der Waals surface area contributed by atoms with Crippen LogP contribution in [-0.2, 0) is 18.9 Å². The van der Waals surface area contributed by atoms with E-state index in [2.05, 4.69) is 10.6 Å². The van der Waals surface area contributed by atoms with E-state index in [1.165, 1.54) is 0 Å². The molecular formula is C17H32N2O5. The zero-order valence-corrected chi connectivity index (χ0v) is 14.9. The first-order chi connectivity index (χ1) is 11.7. The fourth-order valence-electron chi connectivity index (χ4n) is 3.22. The van der Waals surface area contributed by atoms with Gasteiger partial charge in [0.2, 0.25) is 0 Å². The fourth-order valence-corrected chi connectivity index (χ4v) is 3.22. The summed E-state index contributed by atoms with van der Waals surface area (Å²) in [7, 11) is 3.85. The Morgan fingerprint density at radius 1 is 0.917 bits per heavy atom. The maximum Gasteiger partial charge on any atom is 0.508 e. The molecule has 0 saturated carbocycles. The monoisotopic (exact) mass is 344 g/mol. The maximum absolute atomic E-state index is 12.1. The van der Waals surface area contributed by atoms with Gasteiger partial charge in [0.05, 0.1) is 25.4 Å². The fraction of sp³-hybridized carbons (Fsp3) is 0.941. The molecule has 24 heavy (non-hydrogen) atoms. The molecule has 2 saturated heterocycles. The molecule has 7 nitrogen and oxygen atoms in total. The molecule has 0 bridgehead atoms. The third kappa shape index (κ3) is 6.93. The SMILES string of the molecule is CNCCC1CC(OC(=O)OC2CCOC(CCNC)C2)CCO1. The zero-order chi connectivity index (χ0) is 17.2. The summed E-state index contributed by atoms with van der Waals surface area (Å²) in [6.45, 7) is 3.07. The van der Waals surface area contributed by atoms with E-state index in [0.717, 1.165) is 51.6 Å². The number of nitrogens with one attached hydrogen (secondary N) is 2. The molecule has 2 heterocycles. The van der Waals surface area contributed by atoms with Gasteiger partial charge < -0.3 is 29.6 Å². The first-order valence-corrected chi connectivity index (χ1v) is 9.11. The Kier molecular flexibility index (Phi) is 8.80. The molecule has 0 spiro atoms. The van der Waals surface area contributed by atoms with Crippen LogP contribution in [-0.4, -0.2) is 71.0 Å². The van der Waals surface area contributed by atoms with Crippen LogP contribution in [0.25, 0.3) is 0 Å². The van der Waals surface area contributed by atoms with Crippen molar-refractivity contribution < 1.29 is 23.7 Å². The second kappa shape index (κ2) is 10.9. The quantitative estimate of drug-likeness (QED) is 0.645. The Hall–Kier alpha value is -0.890. The van der Waals surface area contributed by atoms with Crippen molar-refractivity contribution in [1.29, 1.82) is 0 Å². The van der Waals surface area contributed by atoms with Gasteiger partial charge in [-0.05, 0) is 40.0 Å². The van der Waals surface area contributed by atoms with Gasteiger partial charge in [-0.1, -0.05) is 0 Å². The van der Waals surface area contributed by atoms with Crippen molar-refractivity contribution in [3.63, 3.8) is 0 Å². The van der Waals surface area contributed by atoms with Gasteiger partial charge in [-0.2, -0.15) is 0 Å². The van der Waals surface area contributed by atoms with Gasteiger partial charge in [0.25, 0.3) is 0 Å². The molecule has 0 aromatic heterocycles. The molecular weight excluding hydrogens is 312 g/mol. The zero-order valence-electron chi connectivity index (χ0n) is 14.9. The van der Waals surface area contributed by atoms with Crippen LogP contribution in [0.15, 0.2) is 0 Å². The summed E-state index contributed by atoms with van der Waals surface area (Å²) in [6, 6.07) is 0. The molecule has 0 amide bonds. The van der Waals surface area contributed by atoms with Gasteiger partial charge in [-0.15, -0.1) is 0 Å². The van der Waals surface area contributed by atoms with Crippen LogP contribution in [0.4, 0.5) is 4.79 Å². The maximum atomic E-state index is 12.1. The summed E-state index contributed by atoms with van der Waals surface area (Å²) in [6.07, 6.45) is 4.38. The first kappa shape index (κ1) is 19.4. The second-order valence-electron chi connectivity index (χ2n) is 6.55. The van der Waals surface area contributed by atoms with Gasteiger partial charge in [0, 0.05) is 25.7 Å². The second-order valence-corrected chi connectivity index (χ2v) is 6.55. The lowest BCUT2D eigenvalue weighted by Gasteiger charge is -2.31. The Labute approximate surface area is 144 Å². The highest BCUT2D eigenvalue weighted by molar-refractivity contribution is 5.60. The third-order valence-corrected chi connectivity index (χ3v) is 4.60. The third-order valence-electron chi connectivity index (χ3n) is 4.60. The van der Waals surface area contributed by atoms with Crippen molar-refractivity contribution >= 4 is 6.16 Å². The van der Waals surface area contributed by atoms with Crippen molar-refractivity contribution in [2.75, 3.05) is 40.4 Å². The van der Waals surface area contributed by atoms with Crippen LogP contribution < -0.4 is 10.6 Å². The highest BCUT2D eigenvalue weighted by atomic mass is 16.7. The molecule has 4 atom stereocenters. The van der Waals surface area contributed by atoms with Crippen LogP contribution in [0.3, 0.4) is 0 Å². The molecule has 2 aliphatic heterocycles. The summed E-state index contributed by atoms with van der Waals surface area (Å²) in [5, 5.41) is 6.23. The summed E-state index contributed by atoms with van der Waals surface area (Å²) >= 11 is 0. The molecule has 4 unspecified atom stereocenters. The van der Waals surface area contributed by atoms with Gasteiger partial charge in [-0.25, -0.2) is 4.79 Å².